The second-order valence-electron chi connectivity index (χ2n) is 2.52. The molecular weight excluding hydrogens is 166 g/mol. The van der Waals surface area contributed by atoms with Crippen LogP contribution in [-0.2, 0) is 14.8 Å². The molecule has 0 fully saturated rings. The van der Waals surface area contributed by atoms with Gasteiger partial charge in [0, 0.05) is 5.92 Å². The van der Waals surface area contributed by atoms with E-state index in [4.69, 9.17) is 0 Å². The largest absolute Gasteiger partial charge is 0.274 e. The van der Waals surface area contributed by atoms with Crippen LogP contribution in [0, 0.1) is 5.92 Å². The summed E-state index contributed by atoms with van der Waals surface area (Å²) in [4.78, 5) is 10.8. The molecule has 0 unspecified atom stereocenters. The van der Waals surface area contributed by atoms with Crippen molar-refractivity contribution in [1.29, 1.82) is 0 Å². The summed E-state index contributed by atoms with van der Waals surface area (Å²) in [5.74, 6) is -0.811. The molecule has 0 aromatic rings. The first-order valence-corrected chi connectivity index (χ1v) is 5.08. The molecule has 0 saturated carbocycles. The average Bonchev–Trinajstić information content (AvgIpc) is 1.87. The van der Waals surface area contributed by atoms with Gasteiger partial charge in [-0.2, -0.15) is 0 Å². The maximum Gasteiger partial charge on any atom is 0.235 e. The predicted octanol–water partition coefficient (Wildman–Crippen LogP) is 0.108. The third-order valence-corrected chi connectivity index (χ3v) is 2.43. The number of hydrogen-bond donors (Lipinski definition) is 1. The van der Waals surface area contributed by atoms with Gasteiger partial charge in [-0.1, -0.05) is 13.8 Å². The topological polar surface area (TPSA) is 63.2 Å². The van der Waals surface area contributed by atoms with Gasteiger partial charge < -0.3 is 0 Å². The fourth-order valence-electron chi connectivity index (χ4n) is 0.343. The molecule has 4 nitrogen and oxygen atoms in total. The van der Waals surface area contributed by atoms with Gasteiger partial charge in [-0.15, -0.1) is 0 Å². The molecule has 0 heterocycles. The van der Waals surface area contributed by atoms with E-state index in [0.717, 1.165) is 0 Å². The third kappa shape index (κ3) is 3.98. The van der Waals surface area contributed by atoms with Crippen LogP contribution < -0.4 is 4.72 Å². The highest BCUT2D eigenvalue weighted by molar-refractivity contribution is 7.90. The van der Waals surface area contributed by atoms with Gasteiger partial charge >= 0.3 is 0 Å². The number of hydrogen-bond acceptors (Lipinski definition) is 3. The lowest BCUT2D eigenvalue weighted by molar-refractivity contribution is -0.122. The highest BCUT2D eigenvalue weighted by Gasteiger charge is 2.13. The summed E-state index contributed by atoms with van der Waals surface area (Å²) in [6, 6.07) is 0. The van der Waals surface area contributed by atoms with E-state index in [-0.39, 0.29) is 11.7 Å². The molecule has 0 atom stereocenters. The Morgan fingerprint density at radius 2 is 1.91 bits per heavy atom. The predicted molar refractivity (Wildman–Crippen MR) is 42.4 cm³/mol. The highest BCUT2D eigenvalue weighted by Crippen LogP contribution is 1.93. The molecule has 0 bridgehead atoms. The van der Waals surface area contributed by atoms with Crippen molar-refractivity contribution < 1.29 is 13.2 Å². The standard InChI is InChI=1S/C6H13NO3S/c1-4-11(9,10)7-6(8)5(2)3/h5H,4H2,1-3H3,(H,7,8). The number of carbonyl (C=O) groups excluding carboxylic acids is 1. The highest BCUT2D eigenvalue weighted by atomic mass is 32.2. The van der Waals surface area contributed by atoms with Crippen LogP contribution in [0.2, 0.25) is 0 Å². The molecule has 0 aliphatic rings. The second kappa shape index (κ2) is 3.71. The zero-order chi connectivity index (χ0) is 9.07. The van der Waals surface area contributed by atoms with E-state index in [9.17, 15) is 13.2 Å². The van der Waals surface area contributed by atoms with Gasteiger partial charge in [-0.3, -0.25) is 9.52 Å². The molecule has 1 amide bonds. The van der Waals surface area contributed by atoms with E-state index < -0.39 is 15.9 Å². The van der Waals surface area contributed by atoms with Crippen molar-refractivity contribution in [2.24, 2.45) is 5.92 Å². The summed E-state index contributed by atoms with van der Waals surface area (Å²) in [6.07, 6.45) is 0. The lowest BCUT2D eigenvalue weighted by Gasteiger charge is -2.05. The van der Waals surface area contributed by atoms with E-state index in [1.54, 1.807) is 13.8 Å². The summed E-state index contributed by atoms with van der Waals surface area (Å²) in [7, 11) is -3.36. The smallest absolute Gasteiger partial charge is 0.235 e. The van der Waals surface area contributed by atoms with Gasteiger partial charge in [0.1, 0.15) is 0 Å². The molecule has 11 heavy (non-hydrogen) atoms. The Morgan fingerprint density at radius 3 is 2.18 bits per heavy atom. The van der Waals surface area contributed by atoms with Crippen molar-refractivity contribution in [3.05, 3.63) is 0 Å². The molecule has 0 aliphatic carbocycles. The van der Waals surface area contributed by atoms with Gasteiger partial charge in [0.05, 0.1) is 5.75 Å². The van der Waals surface area contributed by atoms with Gasteiger partial charge in [-0.25, -0.2) is 8.42 Å². The molecular formula is C6H13NO3S. The first-order chi connectivity index (χ1) is 4.89. The summed E-state index contributed by atoms with van der Waals surface area (Å²) in [5.41, 5.74) is 0. The van der Waals surface area contributed by atoms with Crippen LogP contribution in [0.15, 0.2) is 0 Å². The molecule has 0 aromatic heterocycles. The van der Waals surface area contributed by atoms with Crippen molar-refractivity contribution in [3.8, 4) is 0 Å². The number of sulfonamides is 1. The number of carbonyl (C=O) groups is 1. The Morgan fingerprint density at radius 1 is 1.45 bits per heavy atom. The maximum atomic E-state index is 10.8. The number of amides is 1. The molecule has 0 aromatic carbocycles. The van der Waals surface area contributed by atoms with Crippen LogP contribution in [0.1, 0.15) is 20.8 Å². The van der Waals surface area contributed by atoms with Crippen LogP contribution in [-0.4, -0.2) is 20.1 Å². The Labute approximate surface area is 67.0 Å². The minimum Gasteiger partial charge on any atom is -0.274 e. The average molecular weight is 179 g/mol. The first-order valence-electron chi connectivity index (χ1n) is 3.43. The fourth-order valence-corrected chi connectivity index (χ4v) is 1.03. The lowest BCUT2D eigenvalue weighted by atomic mass is 10.2. The first kappa shape index (κ1) is 10.4. The third-order valence-electron chi connectivity index (χ3n) is 1.16. The Hall–Kier alpha value is -0.580. The number of rotatable bonds is 3. The van der Waals surface area contributed by atoms with Crippen molar-refractivity contribution in [1.82, 2.24) is 4.72 Å². The van der Waals surface area contributed by atoms with Crippen molar-refractivity contribution in [2.45, 2.75) is 20.8 Å². The van der Waals surface area contributed by atoms with Crippen LogP contribution in [0.4, 0.5) is 0 Å². The van der Waals surface area contributed by atoms with Gasteiger partial charge in [0.15, 0.2) is 0 Å². The summed E-state index contributed by atoms with van der Waals surface area (Å²) in [5, 5.41) is 0. The molecule has 0 spiro atoms. The van der Waals surface area contributed by atoms with Crippen LogP contribution >= 0.6 is 0 Å². The zero-order valence-electron chi connectivity index (χ0n) is 6.92. The molecule has 0 rings (SSSR count). The Balaban J connectivity index is 4.17. The van der Waals surface area contributed by atoms with Gasteiger partial charge in [-0.05, 0) is 6.92 Å². The van der Waals surface area contributed by atoms with Crippen LogP contribution in [0.3, 0.4) is 0 Å². The van der Waals surface area contributed by atoms with E-state index in [1.165, 1.54) is 6.92 Å². The maximum absolute atomic E-state index is 10.8. The van der Waals surface area contributed by atoms with Crippen LogP contribution in [0.5, 0.6) is 0 Å². The van der Waals surface area contributed by atoms with Gasteiger partial charge in [0.2, 0.25) is 15.9 Å². The molecule has 66 valence electrons. The Bertz CT molecular complexity index is 230. The zero-order valence-corrected chi connectivity index (χ0v) is 7.73. The van der Waals surface area contributed by atoms with E-state index in [1.807, 2.05) is 4.72 Å². The summed E-state index contributed by atoms with van der Waals surface area (Å²) >= 11 is 0. The molecule has 1 N–H and O–H groups in total. The minimum atomic E-state index is -3.36. The summed E-state index contributed by atoms with van der Waals surface area (Å²) < 4.78 is 23.5. The van der Waals surface area contributed by atoms with Crippen molar-refractivity contribution in [2.75, 3.05) is 5.75 Å². The summed E-state index contributed by atoms with van der Waals surface area (Å²) in [6.45, 7) is 4.76. The van der Waals surface area contributed by atoms with E-state index in [0.29, 0.717) is 0 Å². The lowest BCUT2D eigenvalue weighted by Crippen LogP contribution is -2.34. The van der Waals surface area contributed by atoms with Crippen molar-refractivity contribution in [3.63, 3.8) is 0 Å². The van der Waals surface area contributed by atoms with Crippen molar-refractivity contribution >= 4 is 15.9 Å². The molecule has 0 saturated heterocycles. The molecule has 5 heteroatoms. The molecule has 0 aliphatic heterocycles. The fraction of sp³-hybridized carbons (Fsp3) is 0.833. The quantitative estimate of drug-likeness (QED) is 0.668. The monoisotopic (exact) mass is 179 g/mol. The van der Waals surface area contributed by atoms with E-state index >= 15 is 0 Å². The number of nitrogens with one attached hydrogen (secondary N) is 1. The SMILES string of the molecule is CCS(=O)(=O)NC(=O)C(C)C. The minimum absolute atomic E-state index is 0.0640. The Kier molecular flexibility index (Phi) is 3.51. The van der Waals surface area contributed by atoms with E-state index in [2.05, 4.69) is 0 Å². The normalized spacial score (nSPS) is 11.6. The second-order valence-corrected chi connectivity index (χ2v) is 4.54. The van der Waals surface area contributed by atoms with Crippen LogP contribution in [0.25, 0.3) is 0 Å². The molecule has 0 radical (unpaired) electrons. The van der Waals surface area contributed by atoms with Gasteiger partial charge in [0.25, 0.3) is 0 Å².